The highest BCUT2D eigenvalue weighted by atomic mass is 35.5. The monoisotopic (exact) mass is 297 g/mol. The van der Waals surface area contributed by atoms with Crippen molar-refractivity contribution < 1.29 is 4.39 Å². The molecule has 0 N–H and O–H groups in total. The van der Waals surface area contributed by atoms with Gasteiger partial charge in [-0.15, -0.1) is 0 Å². The Kier molecular flexibility index (Phi) is 4.41. The van der Waals surface area contributed by atoms with Crippen LogP contribution in [0.25, 0.3) is 0 Å². The first-order valence-corrected chi connectivity index (χ1v) is 7.88. The van der Waals surface area contributed by atoms with Crippen LogP contribution in [0.1, 0.15) is 25.7 Å². The van der Waals surface area contributed by atoms with E-state index in [4.69, 9.17) is 11.6 Å². The lowest BCUT2D eigenvalue weighted by molar-refractivity contribution is 0.249. The zero-order valence-corrected chi connectivity index (χ0v) is 12.4. The number of rotatable bonds is 3. The van der Waals surface area contributed by atoms with Gasteiger partial charge in [-0.3, -0.25) is 0 Å². The summed E-state index contributed by atoms with van der Waals surface area (Å²) in [6.07, 6.45) is 6.47. The van der Waals surface area contributed by atoms with Crippen molar-refractivity contribution in [1.82, 2.24) is 9.88 Å². The minimum Gasteiger partial charge on any atom is -0.354 e. The van der Waals surface area contributed by atoms with E-state index in [9.17, 15) is 4.39 Å². The highest BCUT2D eigenvalue weighted by Gasteiger charge is 2.24. The van der Waals surface area contributed by atoms with E-state index < -0.39 is 0 Å². The molecule has 3 heterocycles. The number of piperidine rings is 1. The number of anilines is 1. The summed E-state index contributed by atoms with van der Waals surface area (Å²) in [7, 11) is 0. The van der Waals surface area contributed by atoms with E-state index in [2.05, 4.69) is 9.88 Å². The molecule has 2 saturated heterocycles. The van der Waals surface area contributed by atoms with Crippen molar-refractivity contribution in [3.8, 4) is 0 Å². The first kappa shape index (κ1) is 14.1. The van der Waals surface area contributed by atoms with Crippen LogP contribution in [0.4, 0.5) is 10.2 Å². The Labute approximate surface area is 124 Å². The molecule has 0 aliphatic carbocycles. The Hall–Kier alpha value is -0.870. The summed E-state index contributed by atoms with van der Waals surface area (Å²) in [4.78, 5) is 8.76. The zero-order chi connectivity index (χ0) is 13.9. The number of halogens is 2. The Morgan fingerprint density at radius 1 is 1.20 bits per heavy atom. The van der Waals surface area contributed by atoms with Crippen LogP contribution < -0.4 is 4.90 Å². The lowest BCUT2D eigenvalue weighted by atomic mass is 9.96. The van der Waals surface area contributed by atoms with Crippen molar-refractivity contribution >= 4 is 17.4 Å². The van der Waals surface area contributed by atoms with E-state index in [0.29, 0.717) is 10.8 Å². The fourth-order valence-electron chi connectivity index (χ4n) is 3.30. The molecular weight excluding hydrogens is 277 g/mol. The van der Waals surface area contributed by atoms with Gasteiger partial charge in [-0.25, -0.2) is 9.37 Å². The average molecular weight is 298 g/mol. The molecule has 2 fully saturated rings. The van der Waals surface area contributed by atoms with Crippen molar-refractivity contribution in [2.45, 2.75) is 25.7 Å². The molecule has 0 saturated carbocycles. The van der Waals surface area contributed by atoms with E-state index in [-0.39, 0.29) is 5.82 Å². The van der Waals surface area contributed by atoms with Crippen molar-refractivity contribution in [3.05, 3.63) is 23.1 Å². The van der Waals surface area contributed by atoms with Gasteiger partial charge in [-0.2, -0.15) is 0 Å². The molecule has 1 aromatic rings. The van der Waals surface area contributed by atoms with Gasteiger partial charge in [0, 0.05) is 25.8 Å². The summed E-state index contributed by atoms with van der Waals surface area (Å²) in [6.45, 7) is 5.51. The number of pyridine rings is 1. The lowest BCUT2D eigenvalue weighted by Gasteiger charge is -2.34. The van der Waals surface area contributed by atoms with Crippen LogP contribution in [0.15, 0.2) is 12.3 Å². The van der Waals surface area contributed by atoms with E-state index in [0.717, 1.165) is 31.8 Å². The number of hydrogen-bond donors (Lipinski definition) is 0. The smallest absolute Gasteiger partial charge is 0.167 e. The molecule has 2 aliphatic rings. The van der Waals surface area contributed by atoms with Crippen LogP contribution in [-0.2, 0) is 0 Å². The summed E-state index contributed by atoms with van der Waals surface area (Å²) in [6, 6.07) is 1.35. The molecule has 20 heavy (non-hydrogen) atoms. The highest BCUT2D eigenvalue weighted by Crippen LogP contribution is 2.26. The summed E-state index contributed by atoms with van der Waals surface area (Å²) >= 11 is 5.75. The number of aromatic nitrogens is 1. The van der Waals surface area contributed by atoms with E-state index >= 15 is 0 Å². The molecular formula is C15H21ClFN3. The first-order chi connectivity index (χ1) is 9.72. The molecule has 0 amide bonds. The first-order valence-electron chi connectivity index (χ1n) is 7.51. The van der Waals surface area contributed by atoms with Gasteiger partial charge in [-0.05, 0) is 50.8 Å². The van der Waals surface area contributed by atoms with E-state index in [1.165, 1.54) is 44.7 Å². The van der Waals surface area contributed by atoms with Crippen LogP contribution in [0.2, 0.25) is 5.02 Å². The van der Waals surface area contributed by atoms with Gasteiger partial charge in [0.05, 0.1) is 5.02 Å². The minimum atomic E-state index is -0.310. The molecule has 0 unspecified atom stereocenters. The van der Waals surface area contributed by atoms with Crippen LogP contribution in [0, 0.1) is 11.7 Å². The van der Waals surface area contributed by atoms with Gasteiger partial charge in [0.25, 0.3) is 0 Å². The van der Waals surface area contributed by atoms with Crippen LogP contribution in [0.5, 0.6) is 0 Å². The van der Waals surface area contributed by atoms with E-state index in [1.54, 1.807) is 0 Å². The third kappa shape index (κ3) is 3.23. The predicted molar refractivity (Wildman–Crippen MR) is 79.8 cm³/mol. The fraction of sp³-hybridized carbons (Fsp3) is 0.667. The Morgan fingerprint density at radius 2 is 1.90 bits per heavy atom. The molecule has 0 radical (unpaired) electrons. The fourth-order valence-corrected chi connectivity index (χ4v) is 3.44. The molecule has 0 atom stereocenters. The summed E-state index contributed by atoms with van der Waals surface area (Å²) in [5.74, 6) is 0.893. The van der Waals surface area contributed by atoms with Gasteiger partial charge in [0.15, 0.2) is 11.6 Å². The minimum absolute atomic E-state index is 0.310. The van der Waals surface area contributed by atoms with Crippen molar-refractivity contribution in [2.75, 3.05) is 37.6 Å². The van der Waals surface area contributed by atoms with Gasteiger partial charge >= 0.3 is 0 Å². The maximum absolute atomic E-state index is 13.9. The quantitative estimate of drug-likeness (QED) is 0.854. The molecule has 3 rings (SSSR count). The lowest BCUT2D eigenvalue weighted by Crippen LogP contribution is -2.38. The highest BCUT2D eigenvalue weighted by molar-refractivity contribution is 6.30. The average Bonchev–Trinajstić information content (AvgIpc) is 2.93. The normalized spacial score (nSPS) is 21.6. The molecule has 110 valence electrons. The Morgan fingerprint density at radius 3 is 2.55 bits per heavy atom. The molecule has 1 aromatic heterocycles. The second-order valence-electron chi connectivity index (χ2n) is 5.90. The molecule has 0 bridgehead atoms. The molecule has 0 spiro atoms. The molecule has 5 heteroatoms. The van der Waals surface area contributed by atoms with Crippen LogP contribution in [-0.4, -0.2) is 42.6 Å². The molecule has 2 aliphatic heterocycles. The van der Waals surface area contributed by atoms with Crippen LogP contribution >= 0.6 is 11.6 Å². The van der Waals surface area contributed by atoms with Crippen LogP contribution in [0.3, 0.4) is 0 Å². The van der Waals surface area contributed by atoms with Gasteiger partial charge in [0.2, 0.25) is 0 Å². The number of nitrogens with zero attached hydrogens (tertiary/aromatic N) is 3. The van der Waals surface area contributed by atoms with Gasteiger partial charge in [-0.1, -0.05) is 11.6 Å². The molecule has 3 nitrogen and oxygen atoms in total. The van der Waals surface area contributed by atoms with Crippen molar-refractivity contribution in [3.63, 3.8) is 0 Å². The molecule has 0 aromatic carbocycles. The largest absolute Gasteiger partial charge is 0.354 e. The number of hydrogen-bond acceptors (Lipinski definition) is 3. The van der Waals surface area contributed by atoms with Gasteiger partial charge in [0.1, 0.15) is 0 Å². The third-order valence-electron chi connectivity index (χ3n) is 4.42. The second kappa shape index (κ2) is 6.27. The SMILES string of the molecule is Fc1cc(Cl)cnc1N1CCC(CN2CCCC2)CC1. The van der Waals surface area contributed by atoms with Gasteiger partial charge < -0.3 is 9.80 Å². The zero-order valence-electron chi connectivity index (χ0n) is 11.7. The van der Waals surface area contributed by atoms with E-state index in [1.807, 2.05) is 4.90 Å². The maximum Gasteiger partial charge on any atom is 0.167 e. The summed E-state index contributed by atoms with van der Waals surface area (Å²) < 4.78 is 13.9. The number of likely N-dealkylation sites (tertiary alicyclic amines) is 1. The topological polar surface area (TPSA) is 19.4 Å². The summed E-state index contributed by atoms with van der Waals surface area (Å²) in [5.41, 5.74) is 0. The Bertz CT molecular complexity index is 454. The summed E-state index contributed by atoms with van der Waals surface area (Å²) in [5, 5.41) is 0.357. The predicted octanol–water partition coefficient (Wildman–Crippen LogP) is 3.19. The second-order valence-corrected chi connectivity index (χ2v) is 6.33. The Balaban J connectivity index is 1.55. The standard InChI is InChI=1S/C15H21ClFN3/c16-13-9-14(17)15(18-10-13)20-7-3-12(4-8-20)11-19-5-1-2-6-19/h9-10,12H,1-8,11H2. The van der Waals surface area contributed by atoms with Crippen molar-refractivity contribution in [1.29, 1.82) is 0 Å². The third-order valence-corrected chi connectivity index (χ3v) is 4.62. The maximum atomic E-state index is 13.9. The van der Waals surface area contributed by atoms with Crippen molar-refractivity contribution in [2.24, 2.45) is 5.92 Å².